The topological polar surface area (TPSA) is 119 Å². The average Bonchev–Trinajstić information content (AvgIpc) is 3.53. The Kier molecular flexibility index (Phi) is 5.13. The van der Waals surface area contributed by atoms with E-state index in [0.29, 0.717) is 30.5 Å². The van der Waals surface area contributed by atoms with Gasteiger partial charge in [0.15, 0.2) is 0 Å². The summed E-state index contributed by atoms with van der Waals surface area (Å²) < 4.78 is 52.1. The van der Waals surface area contributed by atoms with Crippen LogP contribution in [0.1, 0.15) is 24.7 Å². The molecule has 2 unspecified atom stereocenters. The molecule has 0 saturated carbocycles. The first kappa shape index (κ1) is 20.6. The van der Waals surface area contributed by atoms with E-state index in [2.05, 4.69) is 36.9 Å². The van der Waals surface area contributed by atoms with Gasteiger partial charge in [0.1, 0.15) is 11.4 Å². The van der Waals surface area contributed by atoms with Crippen LogP contribution < -0.4 is 0 Å². The number of hydrogen-bond acceptors (Lipinski definition) is 7. The monoisotopic (exact) mass is 448 g/mol. The highest BCUT2D eigenvalue weighted by Crippen LogP contribution is 2.32. The quantitative estimate of drug-likeness (QED) is 0.466. The highest BCUT2D eigenvalue weighted by Gasteiger charge is 2.36. The van der Waals surface area contributed by atoms with Crippen molar-refractivity contribution in [2.45, 2.75) is 32.2 Å². The van der Waals surface area contributed by atoms with Gasteiger partial charge >= 0.3 is 6.18 Å². The molecule has 10 nitrogen and oxygen atoms in total. The lowest BCUT2D eigenvalue weighted by atomic mass is 10.1. The number of ether oxygens (including phenoxy) is 2. The predicted octanol–water partition coefficient (Wildman–Crippen LogP) is 2.86. The molecule has 0 aliphatic carbocycles. The molecule has 2 atom stereocenters. The first-order valence-electron chi connectivity index (χ1n) is 9.93. The number of nitrogens with zero attached hydrogens (tertiary/aromatic N) is 6. The summed E-state index contributed by atoms with van der Waals surface area (Å²) >= 11 is 0. The van der Waals surface area contributed by atoms with Crippen LogP contribution in [0.2, 0.25) is 0 Å². The second kappa shape index (κ2) is 7.98. The number of aromatic amines is 2. The van der Waals surface area contributed by atoms with Gasteiger partial charge in [0.2, 0.25) is 17.4 Å². The Labute approximate surface area is 179 Å². The molecule has 0 bridgehead atoms. The van der Waals surface area contributed by atoms with Gasteiger partial charge < -0.3 is 14.5 Å². The Balaban J connectivity index is 1.47. The normalized spacial score (nSPS) is 19.2. The van der Waals surface area contributed by atoms with E-state index in [1.165, 1.54) is 12.5 Å². The van der Waals surface area contributed by atoms with E-state index in [4.69, 9.17) is 9.47 Å². The number of H-pyrrole nitrogens is 2. The lowest BCUT2D eigenvalue weighted by Gasteiger charge is -2.10. The maximum absolute atomic E-state index is 13.0. The van der Waals surface area contributed by atoms with Gasteiger partial charge in [-0.15, -0.1) is 0 Å². The Hall–Kier alpha value is -3.32. The smallest absolute Gasteiger partial charge is 0.376 e. The zero-order valence-corrected chi connectivity index (χ0v) is 16.9. The van der Waals surface area contributed by atoms with Gasteiger partial charge in [-0.3, -0.25) is 9.50 Å². The van der Waals surface area contributed by atoms with E-state index in [9.17, 15) is 13.2 Å². The summed E-state index contributed by atoms with van der Waals surface area (Å²) in [6.07, 6.45) is 2.76. The number of rotatable bonds is 6. The van der Waals surface area contributed by atoms with E-state index in [1.807, 2.05) is 5.10 Å². The van der Waals surface area contributed by atoms with Crippen molar-refractivity contribution in [3.05, 3.63) is 36.3 Å². The van der Waals surface area contributed by atoms with Gasteiger partial charge in [-0.05, 0) is 12.3 Å². The van der Waals surface area contributed by atoms with E-state index >= 15 is 0 Å². The summed E-state index contributed by atoms with van der Waals surface area (Å²) in [6.45, 7) is 3.65. The third-order valence-corrected chi connectivity index (χ3v) is 5.11. The molecular weight excluding hydrogens is 429 g/mol. The third-order valence-electron chi connectivity index (χ3n) is 5.11. The predicted molar refractivity (Wildman–Crippen MR) is 104 cm³/mol. The summed E-state index contributed by atoms with van der Waals surface area (Å²) in [7, 11) is 0. The van der Waals surface area contributed by atoms with Crippen molar-refractivity contribution < 1.29 is 22.6 Å². The van der Waals surface area contributed by atoms with Gasteiger partial charge in [0.25, 0.3) is 0 Å². The van der Waals surface area contributed by atoms with Crippen molar-refractivity contribution >= 4 is 5.78 Å². The Morgan fingerprint density at radius 1 is 1.28 bits per heavy atom. The number of nitrogens with one attached hydrogen (secondary N) is 2. The molecule has 1 saturated heterocycles. The minimum absolute atomic E-state index is 0.0793. The van der Waals surface area contributed by atoms with Crippen molar-refractivity contribution in [2.24, 2.45) is 5.92 Å². The summed E-state index contributed by atoms with van der Waals surface area (Å²) in [5.41, 5.74) is 1.87. The van der Waals surface area contributed by atoms with Crippen LogP contribution in [0.3, 0.4) is 0 Å². The summed E-state index contributed by atoms with van der Waals surface area (Å²) in [6, 6.07) is 0. The molecule has 168 valence electrons. The van der Waals surface area contributed by atoms with Crippen molar-refractivity contribution in [3.63, 3.8) is 0 Å². The number of imidazole rings is 2. The number of aromatic nitrogens is 8. The maximum Gasteiger partial charge on any atom is 0.451 e. The minimum atomic E-state index is -4.65. The summed E-state index contributed by atoms with van der Waals surface area (Å²) in [4.78, 5) is 19.2. The lowest BCUT2D eigenvalue weighted by Crippen LogP contribution is -2.14. The molecule has 4 aromatic heterocycles. The first-order chi connectivity index (χ1) is 15.4. The molecular formula is C19H19F3N8O2. The zero-order chi connectivity index (χ0) is 22.3. The minimum Gasteiger partial charge on any atom is -0.376 e. The second-order valence-electron chi connectivity index (χ2n) is 7.72. The van der Waals surface area contributed by atoms with Gasteiger partial charge in [-0.2, -0.15) is 18.3 Å². The molecule has 0 amide bonds. The first-order valence-corrected chi connectivity index (χ1v) is 9.93. The molecule has 0 spiro atoms. The average molecular weight is 448 g/mol. The fourth-order valence-electron chi connectivity index (χ4n) is 3.65. The van der Waals surface area contributed by atoms with Gasteiger partial charge in [-0.25, -0.2) is 19.9 Å². The van der Waals surface area contributed by atoms with Crippen LogP contribution in [0.4, 0.5) is 13.2 Å². The second-order valence-corrected chi connectivity index (χ2v) is 7.72. The van der Waals surface area contributed by atoms with E-state index in [-0.39, 0.29) is 23.4 Å². The lowest BCUT2D eigenvalue weighted by molar-refractivity contribution is -0.144. The largest absolute Gasteiger partial charge is 0.451 e. The molecule has 1 aliphatic rings. The molecule has 1 fully saturated rings. The zero-order valence-electron chi connectivity index (χ0n) is 16.9. The molecule has 13 heteroatoms. The van der Waals surface area contributed by atoms with E-state index in [0.717, 1.165) is 18.6 Å². The fourth-order valence-corrected chi connectivity index (χ4v) is 3.65. The molecule has 0 radical (unpaired) electrons. The Morgan fingerprint density at radius 2 is 2.16 bits per heavy atom. The standard InChI is InChI=1S/C19H19F3N8O2/c1-10-2-12(32-6-10)8-31-7-11-3-24-18-26-14(16-27-17(29-28-16)19(20,21)22)15(30(18)5-11)13-4-23-9-25-13/h3-5,9-10,12H,2,6-8H2,1H3,(H,23,25)(H,27,28,29). The fraction of sp³-hybridized carbons (Fsp3) is 0.421. The van der Waals surface area contributed by atoms with Crippen molar-refractivity contribution in [1.29, 1.82) is 0 Å². The Bertz CT molecular complexity index is 1220. The number of hydrogen-bond donors (Lipinski definition) is 2. The molecule has 2 N–H and O–H groups in total. The summed E-state index contributed by atoms with van der Waals surface area (Å²) in [5.74, 6) is -0.598. The van der Waals surface area contributed by atoms with Crippen LogP contribution >= 0.6 is 0 Å². The number of halogens is 3. The van der Waals surface area contributed by atoms with Gasteiger partial charge in [-0.1, -0.05) is 6.92 Å². The van der Waals surface area contributed by atoms with Crippen molar-refractivity contribution in [1.82, 2.24) is 39.5 Å². The van der Waals surface area contributed by atoms with Crippen LogP contribution in [0.5, 0.6) is 0 Å². The molecule has 1 aliphatic heterocycles. The summed E-state index contributed by atoms with van der Waals surface area (Å²) in [5, 5.41) is 5.62. The van der Waals surface area contributed by atoms with E-state index in [1.54, 1.807) is 16.8 Å². The number of alkyl halides is 3. The third kappa shape index (κ3) is 3.96. The maximum atomic E-state index is 13.0. The van der Waals surface area contributed by atoms with Crippen LogP contribution in [0.15, 0.2) is 24.9 Å². The van der Waals surface area contributed by atoms with Crippen molar-refractivity contribution in [3.8, 4) is 22.9 Å². The highest BCUT2D eigenvalue weighted by atomic mass is 19.4. The molecule has 32 heavy (non-hydrogen) atoms. The Morgan fingerprint density at radius 3 is 2.84 bits per heavy atom. The SMILES string of the molecule is CC1COC(COCc2cnc3nc(-c4n[nH]c(C(F)(F)F)n4)c(-c4cnc[nH]4)n3c2)C1. The van der Waals surface area contributed by atoms with Crippen LogP contribution in [-0.4, -0.2) is 58.8 Å². The van der Waals surface area contributed by atoms with E-state index < -0.39 is 12.0 Å². The van der Waals surface area contributed by atoms with Crippen LogP contribution in [-0.2, 0) is 22.3 Å². The molecule has 0 aromatic carbocycles. The van der Waals surface area contributed by atoms with Crippen LogP contribution in [0, 0.1) is 5.92 Å². The van der Waals surface area contributed by atoms with Crippen molar-refractivity contribution in [2.75, 3.05) is 13.2 Å². The van der Waals surface area contributed by atoms with Gasteiger partial charge in [0.05, 0.1) is 37.5 Å². The highest BCUT2D eigenvalue weighted by molar-refractivity contribution is 5.76. The van der Waals surface area contributed by atoms with Gasteiger partial charge in [0, 0.05) is 24.6 Å². The molecule has 4 aromatic rings. The number of fused-ring (bicyclic) bond motifs is 1. The molecule has 5 heterocycles. The molecule has 5 rings (SSSR count). The van der Waals surface area contributed by atoms with Crippen LogP contribution in [0.25, 0.3) is 28.7 Å².